The number of imidazole rings is 1. The van der Waals surface area contributed by atoms with Gasteiger partial charge < -0.3 is 10.3 Å². The van der Waals surface area contributed by atoms with Gasteiger partial charge in [0.05, 0.1) is 12.2 Å². The predicted molar refractivity (Wildman–Crippen MR) is 51.1 cm³/mol. The van der Waals surface area contributed by atoms with Gasteiger partial charge in [-0.05, 0) is 6.92 Å². The van der Waals surface area contributed by atoms with Crippen molar-refractivity contribution in [2.24, 2.45) is 5.73 Å². The summed E-state index contributed by atoms with van der Waals surface area (Å²) < 4.78 is 1.97. The molecule has 0 spiro atoms. The number of hydrogen-bond donors (Lipinski definition) is 1. The number of hydrogen-bond acceptors (Lipinski definition) is 4. The maximum atomic E-state index is 11.5. The van der Waals surface area contributed by atoms with Crippen molar-refractivity contribution in [3.8, 4) is 0 Å². The number of carbonyl (C=O) groups excluding carboxylic acids is 1. The van der Waals surface area contributed by atoms with Crippen LogP contribution in [-0.2, 0) is 6.54 Å². The van der Waals surface area contributed by atoms with Gasteiger partial charge in [-0.3, -0.25) is 4.79 Å². The number of thioether (sulfide) groups is 1. The molecule has 0 aliphatic carbocycles. The minimum Gasteiger partial charge on any atom is -0.324 e. The van der Waals surface area contributed by atoms with E-state index in [1.54, 1.807) is 11.8 Å². The molecule has 13 heavy (non-hydrogen) atoms. The molecule has 2 rings (SSSR count). The van der Waals surface area contributed by atoms with Gasteiger partial charge in [0.1, 0.15) is 5.69 Å². The standard InChI is InChI=1S/C8H11N3OS/c1-5-7(6(12)4-9)11-2-3-13-8(11)10-5/h2-4,9H2,1H3. The molecule has 0 amide bonds. The summed E-state index contributed by atoms with van der Waals surface area (Å²) in [6, 6.07) is 0. The Morgan fingerprint density at radius 3 is 3.23 bits per heavy atom. The summed E-state index contributed by atoms with van der Waals surface area (Å²) >= 11 is 1.69. The average molecular weight is 197 g/mol. The van der Waals surface area contributed by atoms with Gasteiger partial charge in [0.15, 0.2) is 10.9 Å². The van der Waals surface area contributed by atoms with Gasteiger partial charge in [0.25, 0.3) is 0 Å². The number of aromatic nitrogens is 2. The van der Waals surface area contributed by atoms with Crippen LogP contribution in [0.15, 0.2) is 5.16 Å². The summed E-state index contributed by atoms with van der Waals surface area (Å²) in [5.41, 5.74) is 6.83. The zero-order valence-corrected chi connectivity index (χ0v) is 8.23. The molecule has 1 aromatic heterocycles. The van der Waals surface area contributed by atoms with E-state index >= 15 is 0 Å². The van der Waals surface area contributed by atoms with Crippen molar-refractivity contribution in [3.63, 3.8) is 0 Å². The second kappa shape index (κ2) is 3.16. The Balaban J connectivity index is 2.50. The van der Waals surface area contributed by atoms with Crippen LogP contribution < -0.4 is 5.73 Å². The van der Waals surface area contributed by atoms with E-state index in [1.807, 2.05) is 11.5 Å². The third kappa shape index (κ3) is 1.28. The number of nitrogens with two attached hydrogens (primary N) is 1. The Morgan fingerprint density at radius 2 is 2.54 bits per heavy atom. The summed E-state index contributed by atoms with van der Waals surface area (Å²) in [4.78, 5) is 15.8. The van der Waals surface area contributed by atoms with E-state index in [1.165, 1.54) is 0 Å². The molecular formula is C8H11N3OS. The highest BCUT2D eigenvalue weighted by molar-refractivity contribution is 7.99. The monoisotopic (exact) mass is 197 g/mol. The van der Waals surface area contributed by atoms with Crippen LogP contribution in [0.25, 0.3) is 0 Å². The number of carbonyl (C=O) groups is 1. The van der Waals surface area contributed by atoms with Crippen LogP contribution in [0.2, 0.25) is 0 Å². The fraction of sp³-hybridized carbons (Fsp3) is 0.500. The summed E-state index contributed by atoms with van der Waals surface area (Å²) in [5, 5.41) is 0.953. The van der Waals surface area contributed by atoms with Crippen LogP contribution in [0.1, 0.15) is 16.2 Å². The Kier molecular flexibility index (Phi) is 2.13. The second-order valence-electron chi connectivity index (χ2n) is 2.96. The highest BCUT2D eigenvalue weighted by atomic mass is 32.2. The topological polar surface area (TPSA) is 60.9 Å². The molecule has 0 unspecified atom stereocenters. The lowest BCUT2D eigenvalue weighted by atomic mass is 10.2. The molecule has 1 aliphatic rings. The molecule has 2 heterocycles. The van der Waals surface area contributed by atoms with E-state index in [0.29, 0.717) is 5.69 Å². The first-order chi connectivity index (χ1) is 6.24. The maximum Gasteiger partial charge on any atom is 0.194 e. The van der Waals surface area contributed by atoms with Crippen LogP contribution in [0, 0.1) is 6.92 Å². The minimum absolute atomic E-state index is 0.0150. The number of ketones is 1. The Bertz CT molecular complexity index is 359. The fourth-order valence-corrected chi connectivity index (χ4v) is 2.54. The molecule has 0 radical (unpaired) electrons. The van der Waals surface area contributed by atoms with Crippen LogP contribution >= 0.6 is 11.8 Å². The van der Waals surface area contributed by atoms with Crippen LogP contribution in [0.3, 0.4) is 0 Å². The fourth-order valence-electron chi connectivity index (χ4n) is 1.54. The van der Waals surface area contributed by atoms with E-state index in [4.69, 9.17) is 5.73 Å². The van der Waals surface area contributed by atoms with Crippen molar-refractivity contribution in [3.05, 3.63) is 11.4 Å². The Hall–Kier alpha value is -0.810. The molecule has 70 valence electrons. The van der Waals surface area contributed by atoms with E-state index in [-0.39, 0.29) is 12.3 Å². The number of nitrogens with zero attached hydrogens (tertiary/aromatic N) is 2. The summed E-state index contributed by atoms with van der Waals surface area (Å²) in [6.45, 7) is 2.80. The molecule has 0 fully saturated rings. The van der Waals surface area contributed by atoms with Gasteiger partial charge in [0, 0.05) is 12.3 Å². The molecule has 1 aromatic rings. The molecule has 2 N–H and O–H groups in total. The number of aryl methyl sites for hydroxylation is 1. The molecule has 0 aromatic carbocycles. The van der Waals surface area contributed by atoms with Gasteiger partial charge in [-0.25, -0.2) is 4.98 Å². The lowest BCUT2D eigenvalue weighted by Gasteiger charge is -2.01. The van der Waals surface area contributed by atoms with E-state index in [0.717, 1.165) is 23.1 Å². The quantitative estimate of drug-likeness (QED) is 0.699. The van der Waals surface area contributed by atoms with Crippen molar-refractivity contribution in [1.29, 1.82) is 0 Å². The molecule has 0 saturated carbocycles. The van der Waals surface area contributed by atoms with Gasteiger partial charge in [-0.1, -0.05) is 11.8 Å². The largest absolute Gasteiger partial charge is 0.324 e. The molecule has 4 nitrogen and oxygen atoms in total. The third-order valence-corrected chi connectivity index (χ3v) is 3.06. The molecule has 1 aliphatic heterocycles. The van der Waals surface area contributed by atoms with Gasteiger partial charge in [0.2, 0.25) is 0 Å². The third-order valence-electron chi connectivity index (χ3n) is 2.10. The first kappa shape index (κ1) is 8.77. The predicted octanol–water partition coefficient (Wildman–Crippen LogP) is 0.439. The van der Waals surface area contributed by atoms with Crippen LogP contribution in [0.5, 0.6) is 0 Å². The average Bonchev–Trinajstić information content (AvgIpc) is 2.62. The van der Waals surface area contributed by atoms with Crippen molar-refractivity contribution in [1.82, 2.24) is 9.55 Å². The van der Waals surface area contributed by atoms with Crippen molar-refractivity contribution < 1.29 is 4.79 Å². The lowest BCUT2D eigenvalue weighted by Crippen LogP contribution is -2.18. The van der Waals surface area contributed by atoms with Crippen LogP contribution in [-0.4, -0.2) is 27.6 Å². The molecule has 5 heteroatoms. The summed E-state index contributed by atoms with van der Waals surface area (Å²) in [6.07, 6.45) is 0. The maximum absolute atomic E-state index is 11.5. The van der Waals surface area contributed by atoms with Crippen molar-refractivity contribution >= 4 is 17.5 Å². The van der Waals surface area contributed by atoms with E-state index < -0.39 is 0 Å². The van der Waals surface area contributed by atoms with Crippen molar-refractivity contribution in [2.45, 2.75) is 18.6 Å². The van der Waals surface area contributed by atoms with Crippen LogP contribution in [0.4, 0.5) is 0 Å². The normalized spacial score (nSPS) is 14.6. The number of fused-ring (bicyclic) bond motifs is 1. The summed E-state index contributed by atoms with van der Waals surface area (Å²) in [7, 11) is 0. The zero-order chi connectivity index (χ0) is 9.42. The first-order valence-corrected chi connectivity index (χ1v) is 5.15. The smallest absolute Gasteiger partial charge is 0.194 e. The second-order valence-corrected chi connectivity index (χ2v) is 4.02. The van der Waals surface area contributed by atoms with Gasteiger partial charge >= 0.3 is 0 Å². The summed E-state index contributed by atoms with van der Waals surface area (Å²) in [5.74, 6) is 0.992. The van der Waals surface area contributed by atoms with E-state index in [9.17, 15) is 4.79 Å². The van der Waals surface area contributed by atoms with Gasteiger partial charge in [-0.15, -0.1) is 0 Å². The van der Waals surface area contributed by atoms with E-state index in [2.05, 4.69) is 4.98 Å². The highest BCUT2D eigenvalue weighted by Gasteiger charge is 2.22. The molecular weight excluding hydrogens is 186 g/mol. The molecule has 0 saturated heterocycles. The molecule has 0 atom stereocenters. The Labute approximate surface area is 80.5 Å². The highest BCUT2D eigenvalue weighted by Crippen LogP contribution is 2.27. The molecule has 0 bridgehead atoms. The SMILES string of the molecule is Cc1nc2n(c1C(=O)CN)CCS2. The number of Topliss-reactive ketones (excluding diaryl/α,β-unsaturated/α-hetero) is 1. The van der Waals surface area contributed by atoms with Crippen molar-refractivity contribution in [2.75, 3.05) is 12.3 Å². The lowest BCUT2D eigenvalue weighted by molar-refractivity contribution is 0.0991. The number of rotatable bonds is 2. The zero-order valence-electron chi connectivity index (χ0n) is 7.41. The van der Waals surface area contributed by atoms with Gasteiger partial charge in [-0.2, -0.15) is 0 Å². The minimum atomic E-state index is -0.0150. The Morgan fingerprint density at radius 1 is 1.77 bits per heavy atom. The first-order valence-electron chi connectivity index (χ1n) is 4.17.